The molecule has 0 radical (unpaired) electrons. The van der Waals surface area contributed by atoms with Crippen LogP contribution in [-0.2, 0) is 16.0 Å². The van der Waals surface area contributed by atoms with Crippen LogP contribution in [0, 0.1) is 5.82 Å². The zero-order valence-corrected chi connectivity index (χ0v) is 13.0. The van der Waals surface area contributed by atoms with Crippen LogP contribution in [0.4, 0.5) is 4.39 Å². The van der Waals surface area contributed by atoms with Gasteiger partial charge in [0, 0.05) is 11.4 Å². The Morgan fingerprint density at radius 1 is 1.32 bits per heavy atom. The third-order valence-corrected chi connectivity index (χ3v) is 4.01. The first kappa shape index (κ1) is 16.5. The van der Waals surface area contributed by atoms with E-state index in [4.69, 9.17) is 16.3 Å². The van der Waals surface area contributed by atoms with Crippen LogP contribution in [0.25, 0.3) is 0 Å². The molecule has 1 amide bonds. The predicted octanol–water partition coefficient (Wildman–Crippen LogP) is 3.06. The lowest BCUT2D eigenvalue weighted by molar-refractivity contribution is -0.124. The minimum atomic E-state index is -0.765. The molecule has 0 saturated carbocycles. The molecule has 22 heavy (non-hydrogen) atoms. The topological polar surface area (TPSA) is 55.4 Å². The van der Waals surface area contributed by atoms with Gasteiger partial charge in [-0.1, -0.05) is 17.7 Å². The standard InChI is InChI=1S/C15H13ClFNO3S/c16-13-8-10(17)3-4-12(13)15(20)21-9-14(19)18-6-5-11-2-1-7-22-11/h1-4,7-8H,5-6,9H2,(H,18,19). The summed E-state index contributed by atoms with van der Waals surface area (Å²) in [6.07, 6.45) is 0.723. The van der Waals surface area contributed by atoms with Gasteiger partial charge in [-0.25, -0.2) is 9.18 Å². The lowest BCUT2D eigenvalue weighted by atomic mass is 10.2. The zero-order chi connectivity index (χ0) is 15.9. The monoisotopic (exact) mass is 341 g/mol. The summed E-state index contributed by atoms with van der Waals surface area (Å²) in [5, 5.41) is 4.56. The fourth-order valence-corrected chi connectivity index (χ4v) is 2.65. The summed E-state index contributed by atoms with van der Waals surface area (Å²) < 4.78 is 17.7. The van der Waals surface area contributed by atoms with Crippen LogP contribution in [0.15, 0.2) is 35.7 Å². The first-order valence-electron chi connectivity index (χ1n) is 6.47. The number of thiophene rings is 1. The highest BCUT2D eigenvalue weighted by Gasteiger charge is 2.14. The Bertz CT molecular complexity index is 661. The first-order chi connectivity index (χ1) is 10.6. The van der Waals surface area contributed by atoms with E-state index in [1.807, 2.05) is 17.5 Å². The van der Waals surface area contributed by atoms with Crippen molar-refractivity contribution in [2.45, 2.75) is 6.42 Å². The fraction of sp³-hybridized carbons (Fsp3) is 0.200. The predicted molar refractivity (Wildman–Crippen MR) is 82.7 cm³/mol. The zero-order valence-electron chi connectivity index (χ0n) is 11.5. The smallest absolute Gasteiger partial charge is 0.340 e. The summed E-state index contributed by atoms with van der Waals surface area (Å²) in [5.74, 6) is -1.71. The van der Waals surface area contributed by atoms with E-state index in [0.29, 0.717) is 6.54 Å². The maximum Gasteiger partial charge on any atom is 0.340 e. The molecule has 2 rings (SSSR count). The Labute approximate surface area is 135 Å². The summed E-state index contributed by atoms with van der Waals surface area (Å²) >= 11 is 7.35. The van der Waals surface area contributed by atoms with Crippen molar-refractivity contribution in [2.75, 3.05) is 13.2 Å². The van der Waals surface area contributed by atoms with Gasteiger partial charge in [-0.3, -0.25) is 4.79 Å². The van der Waals surface area contributed by atoms with Gasteiger partial charge in [0.25, 0.3) is 5.91 Å². The van der Waals surface area contributed by atoms with E-state index in [1.54, 1.807) is 11.3 Å². The van der Waals surface area contributed by atoms with Crippen molar-refractivity contribution in [1.82, 2.24) is 5.32 Å². The molecule has 0 aliphatic carbocycles. The minimum absolute atomic E-state index is 0.0226. The highest BCUT2D eigenvalue weighted by molar-refractivity contribution is 7.09. The van der Waals surface area contributed by atoms with Crippen molar-refractivity contribution in [2.24, 2.45) is 0 Å². The molecule has 0 unspecified atom stereocenters. The maximum atomic E-state index is 12.9. The minimum Gasteiger partial charge on any atom is -0.452 e. The van der Waals surface area contributed by atoms with Gasteiger partial charge in [0.2, 0.25) is 0 Å². The maximum absolute atomic E-state index is 12.9. The van der Waals surface area contributed by atoms with Crippen LogP contribution in [0.3, 0.4) is 0 Å². The molecule has 1 heterocycles. The van der Waals surface area contributed by atoms with E-state index in [2.05, 4.69) is 5.32 Å². The van der Waals surface area contributed by atoms with Gasteiger partial charge in [-0.05, 0) is 36.1 Å². The molecule has 0 aliphatic heterocycles. The molecule has 116 valence electrons. The van der Waals surface area contributed by atoms with E-state index >= 15 is 0 Å². The molecule has 0 atom stereocenters. The number of nitrogens with one attached hydrogen (secondary N) is 1. The molecule has 0 saturated heterocycles. The summed E-state index contributed by atoms with van der Waals surface area (Å²) in [6, 6.07) is 7.25. The highest BCUT2D eigenvalue weighted by atomic mass is 35.5. The van der Waals surface area contributed by atoms with Crippen molar-refractivity contribution < 1.29 is 18.7 Å². The summed E-state index contributed by atoms with van der Waals surface area (Å²) in [4.78, 5) is 24.5. The van der Waals surface area contributed by atoms with Crippen LogP contribution in [0.1, 0.15) is 15.2 Å². The van der Waals surface area contributed by atoms with Gasteiger partial charge in [0.15, 0.2) is 6.61 Å². The van der Waals surface area contributed by atoms with Crippen molar-refractivity contribution in [3.63, 3.8) is 0 Å². The fourth-order valence-electron chi connectivity index (χ4n) is 1.69. The van der Waals surface area contributed by atoms with Crippen molar-refractivity contribution in [1.29, 1.82) is 0 Å². The van der Waals surface area contributed by atoms with Crippen LogP contribution in [0.5, 0.6) is 0 Å². The number of esters is 1. The van der Waals surface area contributed by atoms with Crippen LogP contribution in [-0.4, -0.2) is 25.0 Å². The molecule has 0 fully saturated rings. The average molecular weight is 342 g/mol. The molecule has 1 aromatic heterocycles. The Hall–Kier alpha value is -1.92. The Balaban J connectivity index is 1.74. The van der Waals surface area contributed by atoms with E-state index in [0.717, 1.165) is 23.4 Å². The lowest BCUT2D eigenvalue weighted by Crippen LogP contribution is -2.30. The second-order valence-corrected chi connectivity index (χ2v) is 5.82. The van der Waals surface area contributed by atoms with Crippen molar-refractivity contribution in [3.8, 4) is 0 Å². The van der Waals surface area contributed by atoms with Gasteiger partial charge in [-0.15, -0.1) is 11.3 Å². The number of benzene rings is 1. The average Bonchev–Trinajstić information content (AvgIpc) is 2.98. The largest absolute Gasteiger partial charge is 0.452 e. The van der Waals surface area contributed by atoms with Crippen LogP contribution < -0.4 is 5.32 Å². The summed E-state index contributed by atoms with van der Waals surface area (Å²) in [7, 11) is 0. The van der Waals surface area contributed by atoms with E-state index in [9.17, 15) is 14.0 Å². The number of hydrogen-bond donors (Lipinski definition) is 1. The van der Waals surface area contributed by atoms with E-state index in [-0.39, 0.29) is 10.6 Å². The molecule has 0 aliphatic rings. The normalized spacial score (nSPS) is 10.3. The van der Waals surface area contributed by atoms with Crippen molar-refractivity contribution >= 4 is 34.8 Å². The van der Waals surface area contributed by atoms with Gasteiger partial charge >= 0.3 is 5.97 Å². The molecular weight excluding hydrogens is 329 g/mol. The Morgan fingerprint density at radius 2 is 2.14 bits per heavy atom. The molecule has 1 N–H and O–H groups in total. The number of rotatable bonds is 6. The van der Waals surface area contributed by atoms with E-state index < -0.39 is 24.3 Å². The van der Waals surface area contributed by atoms with Gasteiger partial charge < -0.3 is 10.1 Å². The summed E-state index contributed by atoms with van der Waals surface area (Å²) in [5.41, 5.74) is 0.0226. The van der Waals surface area contributed by atoms with Gasteiger partial charge in [0.05, 0.1) is 10.6 Å². The number of carbonyl (C=O) groups excluding carboxylic acids is 2. The number of amides is 1. The third-order valence-electron chi connectivity index (χ3n) is 2.76. The summed E-state index contributed by atoms with van der Waals surface area (Å²) in [6.45, 7) is 0.0607. The van der Waals surface area contributed by atoms with E-state index in [1.165, 1.54) is 6.07 Å². The third kappa shape index (κ3) is 4.82. The van der Waals surface area contributed by atoms with Crippen molar-refractivity contribution in [3.05, 3.63) is 57.0 Å². The number of hydrogen-bond acceptors (Lipinski definition) is 4. The van der Waals surface area contributed by atoms with Crippen LogP contribution >= 0.6 is 22.9 Å². The Kier molecular flexibility index (Phi) is 5.91. The number of ether oxygens (including phenoxy) is 1. The lowest BCUT2D eigenvalue weighted by Gasteiger charge is -2.07. The highest BCUT2D eigenvalue weighted by Crippen LogP contribution is 2.18. The van der Waals surface area contributed by atoms with Gasteiger partial charge in [-0.2, -0.15) is 0 Å². The molecule has 0 bridgehead atoms. The molecule has 0 spiro atoms. The van der Waals surface area contributed by atoms with Gasteiger partial charge in [0.1, 0.15) is 5.82 Å². The SMILES string of the molecule is O=C(COC(=O)c1ccc(F)cc1Cl)NCCc1cccs1. The number of carbonyl (C=O) groups is 2. The molecular formula is C15H13ClFNO3S. The molecule has 7 heteroatoms. The molecule has 1 aromatic carbocycles. The second-order valence-electron chi connectivity index (χ2n) is 4.38. The first-order valence-corrected chi connectivity index (χ1v) is 7.73. The Morgan fingerprint density at radius 3 is 2.82 bits per heavy atom. The van der Waals surface area contributed by atoms with Crippen LogP contribution in [0.2, 0.25) is 5.02 Å². The quantitative estimate of drug-likeness (QED) is 0.822. The number of halogens is 2. The molecule has 2 aromatic rings. The second kappa shape index (κ2) is 7.91. The molecule has 4 nitrogen and oxygen atoms in total.